The molecule has 2 aliphatic rings. The second kappa shape index (κ2) is 5.72. The van der Waals surface area contributed by atoms with E-state index in [1.807, 2.05) is 32.0 Å². The summed E-state index contributed by atoms with van der Waals surface area (Å²) in [5.41, 5.74) is 2.19. The van der Waals surface area contributed by atoms with Crippen molar-refractivity contribution >= 4 is 17.5 Å². The Bertz CT molecular complexity index is 604. The Morgan fingerprint density at radius 1 is 1.45 bits per heavy atom. The summed E-state index contributed by atoms with van der Waals surface area (Å²) in [6.07, 6.45) is 2.57. The summed E-state index contributed by atoms with van der Waals surface area (Å²) in [6, 6.07) is 5.73. The van der Waals surface area contributed by atoms with Gasteiger partial charge in [-0.2, -0.15) is 0 Å². The van der Waals surface area contributed by atoms with Crippen molar-refractivity contribution in [2.45, 2.75) is 44.6 Å². The van der Waals surface area contributed by atoms with Gasteiger partial charge in [0.2, 0.25) is 11.8 Å². The van der Waals surface area contributed by atoms with Crippen LogP contribution in [0, 0.1) is 0 Å². The monoisotopic (exact) mass is 302 g/mol. The number of nitrogens with one attached hydrogen (secondary N) is 2. The Labute approximate surface area is 130 Å². The number of anilines is 1. The molecule has 22 heavy (non-hydrogen) atoms. The average Bonchev–Trinajstić information content (AvgIpc) is 3.06. The summed E-state index contributed by atoms with van der Waals surface area (Å²) in [7, 11) is 0. The number of carbonyl (C=O) groups excluding carboxylic acids is 2. The van der Waals surface area contributed by atoms with Crippen molar-refractivity contribution in [3.05, 3.63) is 29.3 Å². The van der Waals surface area contributed by atoms with Gasteiger partial charge < -0.3 is 15.4 Å². The lowest BCUT2D eigenvalue weighted by Crippen LogP contribution is -2.32. The van der Waals surface area contributed by atoms with Crippen molar-refractivity contribution in [1.29, 1.82) is 0 Å². The Hall–Kier alpha value is -1.88. The fourth-order valence-corrected chi connectivity index (χ4v) is 3.01. The highest BCUT2D eigenvalue weighted by molar-refractivity contribution is 6.05. The summed E-state index contributed by atoms with van der Waals surface area (Å²) in [5, 5.41) is 5.80. The molecule has 1 saturated heterocycles. The van der Waals surface area contributed by atoms with Gasteiger partial charge in [0.25, 0.3) is 0 Å². The number of carbonyl (C=O) groups is 2. The third-order valence-corrected chi connectivity index (χ3v) is 4.49. The van der Waals surface area contributed by atoms with Crippen molar-refractivity contribution in [3.8, 4) is 0 Å². The zero-order valence-corrected chi connectivity index (χ0v) is 13.1. The van der Waals surface area contributed by atoms with Gasteiger partial charge >= 0.3 is 0 Å². The summed E-state index contributed by atoms with van der Waals surface area (Å²) >= 11 is 0. The quantitative estimate of drug-likeness (QED) is 0.890. The molecule has 0 aromatic heterocycles. The minimum atomic E-state index is -0.542. The first-order valence-electron chi connectivity index (χ1n) is 7.80. The topological polar surface area (TPSA) is 67.4 Å². The van der Waals surface area contributed by atoms with Gasteiger partial charge in [0.1, 0.15) is 0 Å². The van der Waals surface area contributed by atoms with E-state index in [9.17, 15) is 9.59 Å². The molecule has 0 saturated carbocycles. The Balaban J connectivity index is 1.63. The lowest BCUT2D eigenvalue weighted by atomic mass is 9.85. The van der Waals surface area contributed by atoms with Crippen LogP contribution in [0.15, 0.2) is 18.2 Å². The molecule has 2 N–H and O–H groups in total. The predicted octanol–water partition coefficient (Wildman–Crippen LogP) is 1.75. The van der Waals surface area contributed by atoms with Gasteiger partial charge in [-0.25, -0.2) is 0 Å². The van der Waals surface area contributed by atoms with Gasteiger partial charge in [-0.15, -0.1) is 0 Å². The van der Waals surface area contributed by atoms with E-state index in [1.54, 1.807) is 0 Å². The Kier molecular flexibility index (Phi) is 3.91. The summed E-state index contributed by atoms with van der Waals surface area (Å²) < 4.78 is 5.49. The van der Waals surface area contributed by atoms with Gasteiger partial charge in [-0.05, 0) is 43.9 Å². The third kappa shape index (κ3) is 2.86. The highest BCUT2D eigenvalue weighted by Crippen LogP contribution is 2.37. The van der Waals surface area contributed by atoms with Gasteiger partial charge in [0.05, 0.1) is 17.9 Å². The normalized spacial score (nSPS) is 22.3. The van der Waals surface area contributed by atoms with Crippen LogP contribution in [0.2, 0.25) is 0 Å². The molecule has 0 bridgehead atoms. The van der Waals surface area contributed by atoms with Crippen LogP contribution < -0.4 is 10.6 Å². The molecule has 5 nitrogen and oxygen atoms in total. The van der Waals surface area contributed by atoms with Gasteiger partial charge in [0.15, 0.2) is 0 Å². The van der Waals surface area contributed by atoms with Crippen LogP contribution in [0.25, 0.3) is 0 Å². The van der Waals surface area contributed by atoms with E-state index in [0.717, 1.165) is 36.3 Å². The predicted molar refractivity (Wildman–Crippen MR) is 83.8 cm³/mol. The zero-order chi connectivity index (χ0) is 15.7. The maximum Gasteiger partial charge on any atom is 0.234 e. The van der Waals surface area contributed by atoms with Crippen molar-refractivity contribution in [1.82, 2.24) is 5.32 Å². The fraction of sp³-hybridized carbons (Fsp3) is 0.529. The van der Waals surface area contributed by atoms with E-state index >= 15 is 0 Å². The number of benzene rings is 1. The highest BCUT2D eigenvalue weighted by atomic mass is 16.5. The Morgan fingerprint density at radius 3 is 3.00 bits per heavy atom. The average molecular weight is 302 g/mol. The first-order chi connectivity index (χ1) is 10.5. The molecule has 0 aliphatic carbocycles. The molecule has 2 amide bonds. The van der Waals surface area contributed by atoms with E-state index in [0.29, 0.717) is 13.0 Å². The number of hydrogen-bond donors (Lipinski definition) is 2. The number of ether oxygens (including phenoxy) is 1. The Morgan fingerprint density at radius 2 is 2.27 bits per heavy atom. The van der Waals surface area contributed by atoms with E-state index < -0.39 is 5.41 Å². The molecule has 2 heterocycles. The zero-order valence-electron chi connectivity index (χ0n) is 13.1. The largest absolute Gasteiger partial charge is 0.376 e. The molecule has 1 aromatic carbocycles. The van der Waals surface area contributed by atoms with E-state index in [-0.39, 0.29) is 17.9 Å². The first kappa shape index (κ1) is 15.0. The molecular formula is C17H22N2O3. The molecule has 0 radical (unpaired) electrons. The van der Waals surface area contributed by atoms with E-state index in [2.05, 4.69) is 10.6 Å². The van der Waals surface area contributed by atoms with E-state index in [4.69, 9.17) is 4.74 Å². The maximum atomic E-state index is 12.0. The van der Waals surface area contributed by atoms with Gasteiger partial charge in [-0.1, -0.05) is 12.1 Å². The second-order valence-corrected chi connectivity index (χ2v) is 6.57. The molecule has 0 spiro atoms. The molecule has 5 heteroatoms. The summed E-state index contributed by atoms with van der Waals surface area (Å²) in [4.78, 5) is 24.0. The molecule has 3 rings (SSSR count). The molecule has 1 unspecified atom stereocenters. The van der Waals surface area contributed by atoms with Gasteiger partial charge in [0, 0.05) is 18.8 Å². The molecule has 1 atom stereocenters. The smallest absolute Gasteiger partial charge is 0.234 e. The van der Waals surface area contributed by atoms with Crippen molar-refractivity contribution in [2.75, 3.05) is 18.5 Å². The molecule has 1 aromatic rings. The summed E-state index contributed by atoms with van der Waals surface area (Å²) in [5.74, 6) is -0.00646. The van der Waals surface area contributed by atoms with Crippen molar-refractivity contribution in [3.63, 3.8) is 0 Å². The second-order valence-electron chi connectivity index (χ2n) is 6.57. The number of hydrogen-bond acceptors (Lipinski definition) is 3. The maximum absolute atomic E-state index is 12.0. The van der Waals surface area contributed by atoms with Crippen molar-refractivity contribution < 1.29 is 14.3 Å². The number of rotatable bonds is 4. The van der Waals surface area contributed by atoms with Crippen LogP contribution in [0.5, 0.6) is 0 Å². The number of fused-ring (bicyclic) bond motifs is 1. The number of amides is 2. The minimum Gasteiger partial charge on any atom is -0.376 e. The van der Waals surface area contributed by atoms with E-state index in [1.165, 1.54) is 0 Å². The lowest BCUT2D eigenvalue weighted by molar-refractivity contribution is -0.121. The standard InChI is InChI=1S/C17H22N2O3/c1-17(2)13-8-11(5-6-14(13)19-16(17)21)9-15(20)18-10-12-4-3-7-22-12/h5-6,8,12H,3-4,7,9-10H2,1-2H3,(H,18,20)(H,19,21). The van der Waals surface area contributed by atoms with Crippen LogP contribution in [-0.4, -0.2) is 31.1 Å². The SMILES string of the molecule is CC1(C)C(=O)Nc2ccc(CC(=O)NCC3CCCO3)cc21. The highest BCUT2D eigenvalue weighted by Gasteiger charge is 2.38. The lowest BCUT2D eigenvalue weighted by Gasteiger charge is -2.16. The molecule has 118 valence electrons. The van der Waals surface area contributed by atoms with Crippen LogP contribution in [0.4, 0.5) is 5.69 Å². The van der Waals surface area contributed by atoms with Crippen molar-refractivity contribution in [2.24, 2.45) is 0 Å². The first-order valence-corrected chi connectivity index (χ1v) is 7.80. The van der Waals surface area contributed by atoms with Crippen LogP contribution in [0.3, 0.4) is 0 Å². The third-order valence-electron chi connectivity index (χ3n) is 4.49. The molecule has 1 fully saturated rings. The molecular weight excluding hydrogens is 280 g/mol. The minimum absolute atomic E-state index is 0.00230. The molecule has 2 aliphatic heterocycles. The van der Waals surface area contributed by atoms with Gasteiger partial charge in [-0.3, -0.25) is 9.59 Å². The summed E-state index contributed by atoms with van der Waals surface area (Å²) in [6.45, 7) is 5.17. The van der Waals surface area contributed by atoms with Crippen LogP contribution in [0.1, 0.15) is 37.8 Å². The van der Waals surface area contributed by atoms with Crippen LogP contribution >= 0.6 is 0 Å². The fourth-order valence-electron chi connectivity index (χ4n) is 3.01. The van der Waals surface area contributed by atoms with Crippen LogP contribution in [-0.2, 0) is 26.2 Å².